The lowest BCUT2D eigenvalue weighted by Gasteiger charge is -2.34. The van der Waals surface area contributed by atoms with Crippen LogP contribution in [0.5, 0.6) is 0 Å². The lowest BCUT2D eigenvalue weighted by atomic mass is 9.97. The Bertz CT molecular complexity index is 1420. The Balaban J connectivity index is 1.27. The van der Waals surface area contributed by atoms with Crippen molar-refractivity contribution in [2.75, 3.05) is 33.3 Å². The molecular weight excluding hydrogens is 486 g/mol. The number of rotatable bonds is 5. The van der Waals surface area contributed by atoms with E-state index < -0.39 is 10.9 Å². The summed E-state index contributed by atoms with van der Waals surface area (Å²) in [5.74, 6) is -0.532. The van der Waals surface area contributed by atoms with Gasteiger partial charge < -0.3 is 14.6 Å². The highest BCUT2D eigenvalue weighted by Crippen LogP contribution is 2.33. The molecule has 0 unspecified atom stereocenters. The van der Waals surface area contributed by atoms with Gasteiger partial charge in [0, 0.05) is 48.8 Å². The molecule has 1 amide bonds. The third-order valence-corrected chi connectivity index (χ3v) is 7.89. The highest BCUT2D eigenvalue weighted by Gasteiger charge is 2.26. The van der Waals surface area contributed by atoms with Crippen molar-refractivity contribution in [2.45, 2.75) is 32.2 Å². The summed E-state index contributed by atoms with van der Waals surface area (Å²) in [4.78, 5) is 61.9. The minimum atomic E-state index is -0.748. The lowest BCUT2D eigenvalue weighted by Crippen LogP contribution is -2.48. The first-order valence-electron chi connectivity index (χ1n) is 11.8. The average Bonchev–Trinajstić information content (AvgIpc) is 3.26. The van der Waals surface area contributed by atoms with Crippen molar-refractivity contribution in [3.63, 3.8) is 0 Å². The zero-order valence-electron chi connectivity index (χ0n) is 19.7. The molecule has 3 heterocycles. The molecule has 0 saturated carbocycles. The van der Waals surface area contributed by atoms with Gasteiger partial charge >= 0.3 is 5.97 Å². The van der Waals surface area contributed by atoms with Crippen LogP contribution in [0.2, 0.25) is 0 Å². The van der Waals surface area contributed by atoms with Crippen LogP contribution in [0.1, 0.15) is 49.8 Å². The second-order valence-corrected chi connectivity index (χ2v) is 10.1. The number of carbonyl (C=O) groups excluding carboxylic acids is 2. The first-order valence-corrected chi connectivity index (χ1v) is 12.6. The highest BCUT2D eigenvalue weighted by molar-refractivity contribution is 7.18. The quantitative estimate of drug-likeness (QED) is 0.313. The van der Waals surface area contributed by atoms with Gasteiger partial charge in [0.25, 0.3) is 17.2 Å². The zero-order valence-corrected chi connectivity index (χ0v) is 20.6. The molecule has 0 bridgehead atoms. The highest BCUT2D eigenvalue weighted by atomic mass is 32.1. The topological polar surface area (TPSA) is 139 Å². The molecule has 188 valence electrons. The minimum absolute atomic E-state index is 0.0469. The van der Waals surface area contributed by atoms with Crippen LogP contribution in [0.15, 0.2) is 23.0 Å². The van der Waals surface area contributed by atoms with Crippen molar-refractivity contribution in [3.8, 4) is 0 Å². The number of H-pyrrole nitrogens is 1. The predicted octanol–water partition coefficient (Wildman–Crippen LogP) is 2.52. The van der Waals surface area contributed by atoms with Crippen LogP contribution in [0.25, 0.3) is 10.2 Å². The maximum absolute atomic E-state index is 13.1. The Morgan fingerprint density at radius 2 is 1.86 bits per heavy atom. The van der Waals surface area contributed by atoms with Gasteiger partial charge in [-0.3, -0.25) is 24.6 Å². The van der Waals surface area contributed by atoms with Crippen LogP contribution in [-0.4, -0.2) is 69.9 Å². The SMILES string of the molecule is COC(=O)c1cc(C(=O)N2CCN(Cc3nc4sc5c(c4c(=O)[nH]3)CCCC5)CC2)cc([N+](=O)[O-])c1. The van der Waals surface area contributed by atoms with E-state index in [1.807, 2.05) is 0 Å². The van der Waals surface area contributed by atoms with Crippen LogP contribution in [0.3, 0.4) is 0 Å². The fourth-order valence-electron chi connectivity index (χ4n) is 4.86. The molecule has 3 aromatic rings. The summed E-state index contributed by atoms with van der Waals surface area (Å²) in [7, 11) is 1.18. The summed E-state index contributed by atoms with van der Waals surface area (Å²) in [6.07, 6.45) is 4.19. The number of methoxy groups -OCH3 is 1. The van der Waals surface area contributed by atoms with E-state index in [0.29, 0.717) is 38.5 Å². The number of esters is 1. The molecule has 0 spiro atoms. The molecule has 1 fully saturated rings. The van der Waals surface area contributed by atoms with Gasteiger partial charge in [0.1, 0.15) is 10.7 Å². The molecule has 1 N–H and O–H groups in total. The Morgan fingerprint density at radius 3 is 2.58 bits per heavy atom. The summed E-state index contributed by atoms with van der Waals surface area (Å²) >= 11 is 1.62. The summed E-state index contributed by atoms with van der Waals surface area (Å²) < 4.78 is 4.66. The number of piperazine rings is 1. The molecule has 1 saturated heterocycles. The van der Waals surface area contributed by atoms with E-state index in [1.165, 1.54) is 24.1 Å². The number of aromatic amines is 1. The standard InChI is InChI=1S/C24H25N5O6S/c1-35-24(32)15-10-14(11-16(12-15)29(33)34)23(31)28-8-6-27(7-9-28)13-19-25-21(30)20-17-4-2-3-5-18(17)36-22(20)26-19/h10-12H,2-9,13H2,1H3,(H,25,26,30). The van der Waals surface area contributed by atoms with Crippen LogP contribution in [-0.2, 0) is 24.1 Å². The third kappa shape index (κ3) is 4.61. The minimum Gasteiger partial charge on any atom is -0.465 e. The number of fused-ring (bicyclic) bond motifs is 3. The van der Waals surface area contributed by atoms with Gasteiger partial charge in [0.15, 0.2) is 0 Å². The maximum atomic E-state index is 13.1. The number of nitro groups is 1. The van der Waals surface area contributed by atoms with Crippen LogP contribution < -0.4 is 5.56 Å². The number of non-ortho nitro benzene ring substituents is 1. The average molecular weight is 512 g/mol. The van der Waals surface area contributed by atoms with Crippen LogP contribution in [0.4, 0.5) is 5.69 Å². The van der Waals surface area contributed by atoms with Crippen molar-refractivity contribution in [3.05, 3.63) is 66.1 Å². The molecule has 1 aliphatic carbocycles. The number of nitro benzene ring substituents is 1. The first kappa shape index (κ1) is 24.1. The molecule has 11 nitrogen and oxygen atoms in total. The number of thiophene rings is 1. The molecule has 2 aliphatic rings. The number of amides is 1. The Hall–Kier alpha value is -3.64. The van der Waals surface area contributed by atoms with E-state index in [4.69, 9.17) is 4.98 Å². The molecule has 1 aromatic carbocycles. The van der Waals surface area contributed by atoms with Crippen molar-refractivity contribution in [1.29, 1.82) is 0 Å². The van der Waals surface area contributed by atoms with Gasteiger partial charge in [-0.2, -0.15) is 0 Å². The normalized spacial score (nSPS) is 16.1. The largest absolute Gasteiger partial charge is 0.465 e. The Labute approximate surface area is 209 Å². The van der Waals surface area contributed by atoms with E-state index in [2.05, 4.69) is 14.6 Å². The number of nitrogens with one attached hydrogen (secondary N) is 1. The Kier molecular flexibility index (Phi) is 6.54. The number of hydrogen-bond donors (Lipinski definition) is 1. The predicted molar refractivity (Wildman–Crippen MR) is 132 cm³/mol. The van der Waals surface area contributed by atoms with Gasteiger partial charge in [0.2, 0.25) is 0 Å². The fourth-order valence-corrected chi connectivity index (χ4v) is 6.14. The second kappa shape index (κ2) is 9.78. The Morgan fingerprint density at radius 1 is 1.14 bits per heavy atom. The smallest absolute Gasteiger partial charge is 0.338 e. The maximum Gasteiger partial charge on any atom is 0.338 e. The van der Waals surface area contributed by atoms with Gasteiger partial charge in [-0.1, -0.05) is 0 Å². The third-order valence-electron chi connectivity index (χ3n) is 6.70. The second-order valence-electron chi connectivity index (χ2n) is 8.99. The molecule has 2 aromatic heterocycles. The number of hydrogen-bond acceptors (Lipinski definition) is 9. The van der Waals surface area contributed by atoms with Gasteiger partial charge in [0.05, 0.1) is 29.5 Å². The molecule has 5 rings (SSSR count). The van der Waals surface area contributed by atoms with Gasteiger partial charge in [-0.25, -0.2) is 9.78 Å². The molecule has 0 atom stereocenters. The zero-order chi connectivity index (χ0) is 25.4. The van der Waals surface area contributed by atoms with Crippen LogP contribution in [0, 0.1) is 10.1 Å². The van der Waals surface area contributed by atoms with Crippen molar-refractivity contribution in [1.82, 2.24) is 19.8 Å². The van der Waals surface area contributed by atoms with Crippen molar-refractivity contribution in [2.24, 2.45) is 0 Å². The number of nitrogens with zero attached hydrogens (tertiary/aromatic N) is 4. The number of carbonyl (C=O) groups is 2. The number of aryl methyl sites for hydroxylation is 2. The fraction of sp³-hybridized carbons (Fsp3) is 0.417. The van der Waals surface area contributed by atoms with E-state index in [-0.39, 0.29) is 28.3 Å². The molecule has 1 aliphatic heterocycles. The van der Waals surface area contributed by atoms with Crippen molar-refractivity contribution >= 4 is 39.1 Å². The molecule has 36 heavy (non-hydrogen) atoms. The van der Waals surface area contributed by atoms with Crippen LogP contribution >= 0.6 is 11.3 Å². The summed E-state index contributed by atoms with van der Waals surface area (Å²) in [6, 6.07) is 3.58. The molecule has 0 radical (unpaired) electrons. The van der Waals surface area contributed by atoms with Gasteiger partial charge in [-0.05, 0) is 37.3 Å². The number of benzene rings is 1. The summed E-state index contributed by atoms with van der Waals surface area (Å²) in [5.41, 5.74) is 0.742. The lowest BCUT2D eigenvalue weighted by molar-refractivity contribution is -0.384. The van der Waals surface area contributed by atoms with Gasteiger partial charge in [-0.15, -0.1) is 11.3 Å². The van der Waals surface area contributed by atoms with Crippen molar-refractivity contribution < 1.29 is 19.2 Å². The first-order chi connectivity index (χ1) is 17.3. The number of ether oxygens (including phenoxy) is 1. The van der Waals surface area contributed by atoms with E-state index in [9.17, 15) is 24.5 Å². The molecule has 12 heteroatoms. The summed E-state index contributed by atoms with van der Waals surface area (Å²) in [6.45, 7) is 2.35. The summed E-state index contributed by atoms with van der Waals surface area (Å²) in [5, 5.41) is 12.0. The van der Waals surface area contributed by atoms with E-state index in [1.54, 1.807) is 16.2 Å². The molecular formula is C24H25N5O6S. The monoisotopic (exact) mass is 511 g/mol. The van der Waals surface area contributed by atoms with E-state index >= 15 is 0 Å². The van der Waals surface area contributed by atoms with E-state index in [0.717, 1.165) is 47.5 Å². The number of aromatic nitrogens is 2.